The predicted octanol–water partition coefficient (Wildman–Crippen LogP) is 8.46. The molecule has 0 atom stereocenters. The number of ether oxygens (including phenoxy) is 2. The number of hydrogen-bond acceptors (Lipinski definition) is 4. The van der Waals surface area contributed by atoms with Crippen molar-refractivity contribution >= 4 is 17.7 Å². The first-order valence-electron chi connectivity index (χ1n) is 12.3. The fourth-order valence-electron chi connectivity index (χ4n) is 3.63. The molecule has 0 N–H and O–H groups in total. The lowest BCUT2D eigenvalue weighted by molar-refractivity contribution is 0.0734. The molecule has 4 heteroatoms. The van der Waals surface area contributed by atoms with Crippen LogP contribution in [0, 0.1) is 0 Å². The predicted molar refractivity (Wildman–Crippen MR) is 137 cm³/mol. The van der Waals surface area contributed by atoms with Crippen LogP contribution in [0.4, 0.5) is 0 Å². The van der Waals surface area contributed by atoms with Crippen LogP contribution in [0.15, 0.2) is 48.5 Å². The maximum absolute atomic E-state index is 12.3. The molecule has 0 saturated heterocycles. The van der Waals surface area contributed by atoms with Crippen molar-refractivity contribution in [2.24, 2.45) is 0 Å². The summed E-state index contributed by atoms with van der Waals surface area (Å²) >= 11 is 1.77. The van der Waals surface area contributed by atoms with E-state index in [0.717, 1.165) is 24.5 Å². The first-order chi connectivity index (χ1) is 15.7. The van der Waals surface area contributed by atoms with Gasteiger partial charge in [0.25, 0.3) is 0 Å². The summed E-state index contributed by atoms with van der Waals surface area (Å²) in [6.07, 6.45) is 16.7. The van der Waals surface area contributed by atoms with Gasteiger partial charge in [0.2, 0.25) is 0 Å². The zero-order valence-corrected chi connectivity index (χ0v) is 20.8. The maximum Gasteiger partial charge on any atom is 0.343 e. The molecular weight excluding hydrogens is 416 g/mol. The highest BCUT2D eigenvalue weighted by atomic mass is 32.2. The van der Waals surface area contributed by atoms with Crippen LogP contribution in [0.3, 0.4) is 0 Å². The molecule has 32 heavy (non-hydrogen) atoms. The molecule has 2 aromatic carbocycles. The summed E-state index contributed by atoms with van der Waals surface area (Å²) in [4.78, 5) is 12.3. The fraction of sp³-hybridized carbons (Fsp3) is 0.536. The van der Waals surface area contributed by atoms with Crippen LogP contribution < -0.4 is 9.47 Å². The highest BCUT2D eigenvalue weighted by Gasteiger charge is 2.09. The van der Waals surface area contributed by atoms with Crippen LogP contribution in [0.25, 0.3) is 0 Å². The highest BCUT2D eigenvalue weighted by Crippen LogP contribution is 2.19. The van der Waals surface area contributed by atoms with Gasteiger partial charge in [0, 0.05) is 5.75 Å². The third kappa shape index (κ3) is 11.1. The van der Waals surface area contributed by atoms with E-state index < -0.39 is 0 Å². The Kier molecular flexibility index (Phi) is 13.7. The maximum atomic E-state index is 12.3. The van der Waals surface area contributed by atoms with E-state index in [1.807, 2.05) is 36.4 Å². The number of carbonyl (C=O) groups is 1. The molecule has 0 unspecified atom stereocenters. The van der Waals surface area contributed by atoms with Gasteiger partial charge in [-0.2, -0.15) is 11.8 Å². The molecule has 0 spiro atoms. The zero-order chi connectivity index (χ0) is 22.9. The lowest BCUT2D eigenvalue weighted by Gasteiger charge is -2.08. The Bertz CT molecular complexity index is 740. The molecule has 0 aliphatic heterocycles. The van der Waals surface area contributed by atoms with E-state index in [1.165, 1.54) is 69.8 Å². The lowest BCUT2D eigenvalue weighted by atomic mass is 10.1. The van der Waals surface area contributed by atoms with E-state index in [-0.39, 0.29) is 5.97 Å². The average molecular weight is 457 g/mol. The minimum absolute atomic E-state index is 0.348. The SMILES string of the molecule is CCCCCCCCCCCCCOc1ccc(C(=O)Oc2ccc(CSC)cc2)cc1. The van der Waals surface area contributed by atoms with Gasteiger partial charge in [-0.05, 0) is 54.6 Å². The van der Waals surface area contributed by atoms with Crippen LogP contribution in [0.2, 0.25) is 0 Å². The normalized spacial score (nSPS) is 10.8. The smallest absolute Gasteiger partial charge is 0.343 e. The largest absolute Gasteiger partial charge is 0.494 e. The molecule has 3 nitrogen and oxygen atoms in total. The minimum Gasteiger partial charge on any atom is -0.494 e. The molecule has 0 heterocycles. The Balaban J connectivity index is 1.56. The number of esters is 1. The zero-order valence-electron chi connectivity index (χ0n) is 19.9. The standard InChI is InChI=1S/C28H40O3S/c1-3-4-5-6-7-8-9-10-11-12-13-22-30-26-20-16-25(17-21-26)28(29)31-27-18-14-24(15-19-27)23-32-2/h14-21H,3-13,22-23H2,1-2H3. The molecule has 2 rings (SSSR count). The van der Waals surface area contributed by atoms with Crippen LogP contribution in [-0.4, -0.2) is 18.8 Å². The molecule has 0 aliphatic rings. The Morgan fingerprint density at radius 1 is 0.719 bits per heavy atom. The van der Waals surface area contributed by atoms with Gasteiger partial charge >= 0.3 is 5.97 Å². The van der Waals surface area contributed by atoms with Crippen molar-refractivity contribution in [2.45, 2.75) is 83.3 Å². The molecule has 0 radical (unpaired) electrons. The van der Waals surface area contributed by atoms with E-state index >= 15 is 0 Å². The van der Waals surface area contributed by atoms with Gasteiger partial charge in [-0.25, -0.2) is 4.79 Å². The van der Waals surface area contributed by atoms with E-state index in [4.69, 9.17) is 9.47 Å². The Hall–Kier alpha value is -1.94. The van der Waals surface area contributed by atoms with Crippen LogP contribution in [0.1, 0.15) is 93.5 Å². The number of benzene rings is 2. The summed E-state index contributed by atoms with van der Waals surface area (Å²) in [6, 6.07) is 14.9. The summed E-state index contributed by atoms with van der Waals surface area (Å²) in [5.41, 5.74) is 1.75. The number of rotatable bonds is 17. The van der Waals surface area contributed by atoms with Crippen molar-refractivity contribution in [3.63, 3.8) is 0 Å². The number of unbranched alkanes of at least 4 members (excludes halogenated alkanes) is 10. The topological polar surface area (TPSA) is 35.5 Å². The number of carbonyl (C=O) groups excluding carboxylic acids is 1. The van der Waals surface area contributed by atoms with Crippen molar-refractivity contribution < 1.29 is 14.3 Å². The first kappa shape index (κ1) is 26.3. The summed E-state index contributed by atoms with van der Waals surface area (Å²) in [6.45, 7) is 2.99. The van der Waals surface area contributed by atoms with Crippen molar-refractivity contribution in [3.8, 4) is 11.5 Å². The van der Waals surface area contributed by atoms with Gasteiger partial charge in [0.1, 0.15) is 11.5 Å². The number of hydrogen-bond donors (Lipinski definition) is 0. The summed E-state index contributed by atoms with van der Waals surface area (Å²) in [7, 11) is 0. The molecule has 0 fully saturated rings. The molecular formula is C28H40O3S. The quantitative estimate of drug-likeness (QED) is 0.136. The summed E-state index contributed by atoms with van der Waals surface area (Å²) in [5.74, 6) is 1.97. The second-order valence-electron chi connectivity index (χ2n) is 8.37. The fourth-order valence-corrected chi connectivity index (χ4v) is 4.16. The summed E-state index contributed by atoms with van der Waals surface area (Å²) in [5, 5.41) is 0. The van der Waals surface area contributed by atoms with E-state index in [1.54, 1.807) is 23.9 Å². The Morgan fingerprint density at radius 2 is 1.25 bits per heavy atom. The number of thioether (sulfide) groups is 1. The third-order valence-corrected chi connectivity index (χ3v) is 6.17. The second-order valence-corrected chi connectivity index (χ2v) is 9.24. The van der Waals surface area contributed by atoms with Gasteiger partial charge in [-0.3, -0.25) is 0 Å². The molecule has 176 valence electrons. The van der Waals surface area contributed by atoms with Crippen molar-refractivity contribution in [3.05, 3.63) is 59.7 Å². The van der Waals surface area contributed by atoms with Crippen LogP contribution >= 0.6 is 11.8 Å². The Labute approximate surface area is 199 Å². The minimum atomic E-state index is -0.348. The van der Waals surface area contributed by atoms with E-state index in [0.29, 0.717) is 11.3 Å². The Morgan fingerprint density at radius 3 is 1.81 bits per heavy atom. The molecule has 0 bridgehead atoms. The molecule has 0 aliphatic carbocycles. The van der Waals surface area contributed by atoms with Gasteiger partial charge < -0.3 is 9.47 Å². The van der Waals surface area contributed by atoms with Crippen molar-refractivity contribution in [2.75, 3.05) is 12.9 Å². The lowest BCUT2D eigenvalue weighted by Crippen LogP contribution is -2.08. The molecule has 0 saturated carbocycles. The van der Waals surface area contributed by atoms with Gasteiger partial charge in [-0.1, -0.05) is 83.3 Å². The van der Waals surface area contributed by atoms with Crippen LogP contribution in [0.5, 0.6) is 11.5 Å². The first-order valence-corrected chi connectivity index (χ1v) is 13.6. The highest BCUT2D eigenvalue weighted by molar-refractivity contribution is 7.97. The monoisotopic (exact) mass is 456 g/mol. The third-order valence-electron chi connectivity index (χ3n) is 5.55. The van der Waals surface area contributed by atoms with Gasteiger partial charge in [0.15, 0.2) is 0 Å². The molecule has 0 aromatic heterocycles. The molecule has 2 aromatic rings. The second kappa shape index (κ2) is 16.7. The van der Waals surface area contributed by atoms with Gasteiger partial charge in [-0.15, -0.1) is 0 Å². The summed E-state index contributed by atoms with van der Waals surface area (Å²) < 4.78 is 11.3. The van der Waals surface area contributed by atoms with Crippen LogP contribution in [-0.2, 0) is 5.75 Å². The van der Waals surface area contributed by atoms with E-state index in [9.17, 15) is 4.79 Å². The average Bonchev–Trinajstić information content (AvgIpc) is 2.81. The van der Waals surface area contributed by atoms with Crippen molar-refractivity contribution in [1.82, 2.24) is 0 Å². The van der Waals surface area contributed by atoms with Crippen molar-refractivity contribution in [1.29, 1.82) is 0 Å². The van der Waals surface area contributed by atoms with Gasteiger partial charge in [0.05, 0.1) is 12.2 Å². The van der Waals surface area contributed by atoms with E-state index in [2.05, 4.69) is 13.2 Å². The molecule has 0 amide bonds.